The Balaban J connectivity index is 2.01. The second-order valence-electron chi connectivity index (χ2n) is 5.51. The first kappa shape index (κ1) is 15.1. The molecule has 0 bridgehead atoms. The number of fused-ring (bicyclic) bond motifs is 2. The summed E-state index contributed by atoms with van der Waals surface area (Å²) < 4.78 is 12.4. The van der Waals surface area contributed by atoms with Crippen LogP contribution in [0.25, 0.3) is 0 Å². The topological polar surface area (TPSA) is 120 Å². The zero-order valence-corrected chi connectivity index (χ0v) is 13.8. The van der Waals surface area contributed by atoms with Crippen LogP contribution in [0.4, 0.5) is 11.6 Å². The number of anilines is 2. The van der Waals surface area contributed by atoms with Crippen molar-refractivity contribution in [3.8, 4) is 11.5 Å². The van der Waals surface area contributed by atoms with Crippen molar-refractivity contribution in [2.75, 3.05) is 19.5 Å². The van der Waals surface area contributed by atoms with Crippen LogP contribution in [0.1, 0.15) is 22.9 Å². The molecule has 10 heteroatoms. The molecule has 0 amide bonds. The number of H-pyrrole nitrogens is 1. The first-order chi connectivity index (χ1) is 12.1. The van der Waals surface area contributed by atoms with Crippen LogP contribution in [0.3, 0.4) is 0 Å². The molecule has 0 aliphatic carbocycles. The molecule has 1 atom stereocenters. The second kappa shape index (κ2) is 5.58. The Kier molecular flexibility index (Phi) is 3.38. The van der Waals surface area contributed by atoms with Crippen molar-refractivity contribution in [2.45, 2.75) is 13.0 Å². The second-order valence-corrected chi connectivity index (χ2v) is 5.51. The van der Waals surface area contributed by atoms with Gasteiger partial charge in [-0.25, -0.2) is 5.10 Å². The molecular formula is C15H15N7O3. The zero-order valence-electron chi connectivity index (χ0n) is 13.8. The van der Waals surface area contributed by atoms with Gasteiger partial charge < -0.3 is 14.8 Å². The SMILES string of the molecule is COc1ccc([C@H]2c3c(C)n[nH]c(=O)c3Nc3nnnn32)c(OC)c1. The van der Waals surface area contributed by atoms with E-state index in [4.69, 9.17) is 9.47 Å². The van der Waals surface area contributed by atoms with Crippen LogP contribution in [0.5, 0.6) is 11.5 Å². The highest BCUT2D eigenvalue weighted by atomic mass is 16.5. The van der Waals surface area contributed by atoms with E-state index >= 15 is 0 Å². The van der Waals surface area contributed by atoms with Crippen molar-refractivity contribution in [3.63, 3.8) is 0 Å². The highest BCUT2D eigenvalue weighted by Gasteiger charge is 2.34. The van der Waals surface area contributed by atoms with Gasteiger partial charge in [-0.05, 0) is 29.5 Å². The van der Waals surface area contributed by atoms with Crippen molar-refractivity contribution >= 4 is 11.6 Å². The van der Waals surface area contributed by atoms with Gasteiger partial charge in [0.05, 0.1) is 19.9 Å². The van der Waals surface area contributed by atoms with E-state index in [1.54, 1.807) is 25.0 Å². The van der Waals surface area contributed by atoms with Crippen LogP contribution < -0.4 is 20.3 Å². The molecule has 1 aliphatic heterocycles. The quantitative estimate of drug-likeness (QED) is 0.561. The maximum atomic E-state index is 12.3. The predicted molar refractivity (Wildman–Crippen MR) is 87.5 cm³/mol. The van der Waals surface area contributed by atoms with Gasteiger partial charge in [0.25, 0.3) is 5.56 Å². The predicted octanol–water partition coefficient (Wildman–Crippen LogP) is 0.777. The van der Waals surface area contributed by atoms with Gasteiger partial charge in [0.1, 0.15) is 23.2 Å². The maximum absolute atomic E-state index is 12.3. The van der Waals surface area contributed by atoms with Gasteiger partial charge in [-0.15, -0.1) is 0 Å². The van der Waals surface area contributed by atoms with Crippen molar-refractivity contribution < 1.29 is 9.47 Å². The van der Waals surface area contributed by atoms with Crippen molar-refractivity contribution in [1.82, 2.24) is 30.4 Å². The number of aromatic nitrogens is 6. The molecule has 0 fully saturated rings. The number of aromatic amines is 1. The Morgan fingerprint density at radius 1 is 1.24 bits per heavy atom. The molecule has 25 heavy (non-hydrogen) atoms. The minimum Gasteiger partial charge on any atom is -0.497 e. The number of nitrogens with one attached hydrogen (secondary N) is 2. The van der Waals surface area contributed by atoms with Gasteiger partial charge in [-0.3, -0.25) is 4.79 Å². The van der Waals surface area contributed by atoms with E-state index in [-0.39, 0.29) is 5.56 Å². The largest absolute Gasteiger partial charge is 0.497 e. The van der Waals surface area contributed by atoms with Crippen LogP contribution in [0, 0.1) is 6.92 Å². The van der Waals surface area contributed by atoms with Crippen molar-refractivity contribution in [1.29, 1.82) is 0 Å². The van der Waals surface area contributed by atoms with Crippen molar-refractivity contribution in [3.05, 3.63) is 45.4 Å². The Morgan fingerprint density at radius 2 is 2.08 bits per heavy atom. The van der Waals surface area contributed by atoms with E-state index in [1.807, 2.05) is 19.1 Å². The molecule has 2 N–H and O–H groups in total. The van der Waals surface area contributed by atoms with E-state index in [0.717, 1.165) is 5.56 Å². The average Bonchev–Trinajstić information content (AvgIpc) is 3.11. The van der Waals surface area contributed by atoms with Gasteiger partial charge in [0, 0.05) is 17.2 Å². The smallest absolute Gasteiger partial charge is 0.288 e. The molecule has 2 aromatic heterocycles. The van der Waals surface area contributed by atoms with Crippen LogP contribution in [0.15, 0.2) is 23.0 Å². The molecule has 3 aromatic rings. The molecule has 4 rings (SSSR count). The van der Waals surface area contributed by atoms with Crippen LogP contribution >= 0.6 is 0 Å². The molecule has 128 valence electrons. The molecule has 0 unspecified atom stereocenters. The number of methoxy groups -OCH3 is 2. The number of nitrogens with zero attached hydrogens (tertiary/aromatic N) is 5. The molecule has 3 heterocycles. The average molecular weight is 341 g/mol. The van der Waals surface area contributed by atoms with E-state index in [2.05, 4.69) is 31.0 Å². The Bertz CT molecular complexity index is 1010. The van der Waals surface area contributed by atoms with Crippen molar-refractivity contribution in [2.24, 2.45) is 0 Å². The Morgan fingerprint density at radius 3 is 2.84 bits per heavy atom. The summed E-state index contributed by atoms with van der Waals surface area (Å²) in [6, 6.07) is 5.00. The summed E-state index contributed by atoms with van der Waals surface area (Å²) in [6.07, 6.45) is 0. The fraction of sp³-hybridized carbons (Fsp3) is 0.267. The third-order valence-electron chi connectivity index (χ3n) is 4.19. The molecule has 0 radical (unpaired) electrons. The van der Waals surface area contributed by atoms with Gasteiger partial charge in [0.2, 0.25) is 5.95 Å². The number of hydrogen-bond donors (Lipinski definition) is 2. The third kappa shape index (κ3) is 2.22. The molecule has 1 aliphatic rings. The zero-order chi connectivity index (χ0) is 17.6. The first-order valence-electron chi connectivity index (χ1n) is 7.50. The summed E-state index contributed by atoms with van der Waals surface area (Å²) in [4.78, 5) is 12.3. The molecule has 0 spiro atoms. The number of aryl methyl sites for hydroxylation is 1. The Hall–Kier alpha value is -3.43. The normalized spacial score (nSPS) is 15.1. The molecule has 1 aromatic carbocycles. The summed E-state index contributed by atoms with van der Waals surface area (Å²) in [5, 5.41) is 21.3. The highest BCUT2D eigenvalue weighted by Crippen LogP contribution is 2.41. The van der Waals surface area contributed by atoms with E-state index in [0.29, 0.717) is 34.4 Å². The number of hydrogen-bond acceptors (Lipinski definition) is 8. The van der Waals surface area contributed by atoms with Gasteiger partial charge in [-0.2, -0.15) is 9.78 Å². The highest BCUT2D eigenvalue weighted by molar-refractivity contribution is 5.65. The number of benzene rings is 1. The summed E-state index contributed by atoms with van der Waals surface area (Å²) >= 11 is 0. The van der Waals surface area contributed by atoms with Gasteiger partial charge in [-0.1, -0.05) is 5.10 Å². The summed E-state index contributed by atoms with van der Waals surface area (Å²) in [6.45, 7) is 1.81. The van der Waals surface area contributed by atoms with Crippen LogP contribution in [-0.2, 0) is 0 Å². The van der Waals surface area contributed by atoms with Crippen LogP contribution in [0.2, 0.25) is 0 Å². The third-order valence-corrected chi connectivity index (χ3v) is 4.19. The van der Waals surface area contributed by atoms with E-state index in [9.17, 15) is 4.79 Å². The fourth-order valence-electron chi connectivity index (χ4n) is 3.03. The Labute approximate surface area is 141 Å². The van der Waals surface area contributed by atoms with E-state index < -0.39 is 6.04 Å². The summed E-state index contributed by atoms with van der Waals surface area (Å²) in [5.41, 5.74) is 2.17. The summed E-state index contributed by atoms with van der Waals surface area (Å²) in [7, 11) is 3.16. The molecule has 0 saturated carbocycles. The first-order valence-corrected chi connectivity index (χ1v) is 7.50. The minimum absolute atomic E-state index is 0.340. The number of ether oxygens (including phenoxy) is 2. The fourth-order valence-corrected chi connectivity index (χ4v) is 3.03. The minimum atomic E-state index is -0.461. The van der Waals surface area contributed by atoms with Gasteiger partial charge >= 0.3 is 0 Å². The standard InChI is InChI=1S/C15H15N7O3/c1-7-11-12(14(23)18-17-7)16-15-19-20-21-22(15)13(11)9-5-4-8(24-2)6-10(9)25-3/h4-6,13H,1-3H3,(H,18,23)(H,16,19,21)/t13-/m0/s1. The lowest BCUT2D eigenvalue weighted by atomic mass is 9.94. The van der Waals surface area contributed by atoms with E-state index in [1.165, 1.54) is 0 Å². The molecular weight excluding hydrogens is 326 g/mol. The van der Waals surface area contributed by atoms with Crippen LogP contribution in [-0.4, -0.2) is 44.6 Å². The maximum Gasteiger partial charge on any atom is 0.288 e. The molecule has 10 nitrogen and oxygen atoms in total. The number of tetrazole rings is 1. The lowest BCUT2D eigenvalue weighted by Gasteiger charge is -2.28. The monoisotopic (exact) mass is 341 g/mol. The summed E-state index contributed by atoms with van der Waals surface area (Å²) in [5.74, 6) is 1.62. The lowest BCUT2D eigenvalue weighted by molar-refractivity contribution is 0.386. The molecule has 0 saturated heterocycles. The van der Waals surface area contributed by atoms with Gasteiger partial charge in [0.15, 0.2) is 0 Å². The number of rotatable bonds is 3. The lowest BCUT2D eigenvalue weighted by Crippen LogP contribution is -2.29.